The largest absolute Gasteiger partial charge is 0.497 e. The molecule has 0 saturated carbocycles. The van der Waals surface area contributed by atoms with Crippen LogP contribution in [0.2, 0.25) is 0 Å². The molecule has 0 saturated heterocycles. The second kappa shape index (κ2) is 8.65. The Hall–Kier alpha value is -3.22. The topological polar surface area (TPSA) is 58.2 Å². The maximum Gasteiger partial charge on any atom is 0.256 e. The van der Waals surface area contributed by atoms with E-state index in [1.807, 2.05) is 6.07 Å². The summed E-state index contributed by atoms with van der Waals surface area (Å²) in [5.74, 6) is -0.904. The minimum Gasteiger partial charge on any atom is -0.497 e. The molecule has 146 valence electrons. The van der Waals surface area contributed by atoms with Gasteiger partial charge in [-0.05, 0) is 55.3 Å². The highest BCUT2D eigenvalue weighted by molar-refractivity contribution is 5.94. The third-order valence-corrected chi connectivity index (χ3v) is 4.46. The third kappa shape index (κ3) is 4.54. The molecule has 28 heavy (non-hydrogen) atoms. The predicted octanol–water partition coefficient (Wildman–Crippen LogP) is 4.07. The molecule has 1 amide bonds. The van der Waals surface area contributed by atoms with Gasteiger partial charge in [-0.3, -0.25) is 9.89 Å². The van der Waals surface area contributed by atoms with E-state index in [1.165, 1.54) is 36.3 Å². The zero-order chi connectivity index (χ0) is 20.1. The van der Waals surface area contributed by atoms with E-state index in [0.29, 0.717) is 25.1 Å². The van der Waals surface area contributed by atoms with Crippen LogP contribution in [0.1, 0.15) is 22.5 Å². The van der Waals surface area contributed by atoms with Crippen molar-refractivity contribution in [2.45, 2.75) is 12.8 Å². The van der Waals surface area contributed by atoms with E-state index in [1.54, 1.807) is 25.2 Å². The van der Waals surface area contributed by atoms with Crippen molar-refractivity contribution in [1.29, 1.82) is 0 Å². The lowest BCUT2D eigenvalue weighted by molar-refractivity contribution is 0.0789. The lowest BCUT2D eigenvalue weighted by Crippen LogP contribution is -2.28. The van der Waals surface area contributed by atoms with Gasteiger partial charge < -0.3 is 9.64 Å². The molecule has 2 aromatic carbocycles. The van der Waals surface area contributed by atoms with Crippen molar-refractivity contribution < 1.29 is 18.3 Å². The Kier molecular flexibility index (Phi) is 6.03. The van der Waals surface area contributed by atoms with Gasteiger partial charge in [-0.1, -0.05) is 0 Å². The minimum atomic E-state index is -0.603. The van der Waals surface area contributed by atoms with Crippen LogP contribution in [0.3, 0.4) is 0 Å². The molecule has 1 aromatic heterocycles. The predicted molar refractivity (Wildman–Crippen MR) is 102 cm³/mol. The van der Waals surface area contributed by atoms with Gasteiger partial charge in [0.15, 0.2) is 0 Å². The average molecular weight is 385 g/mol. The number of H-pyrrole nitrogens is 1. The molecule has 1 heterocycles. The molecule has 3 rings (SSSR count). The first kappa shape index (κ1) is 19.5. The fourth-order valence-corrected chi connectivity index (χ4v) is 2.87. The van der Waals surface area contributed by atoms with Gasteiger partial charge in [-0.2, -0.15) is 5.10 Å². The number of aromatic amines is 1. The van der Waals surface area contributed by atoms with E-state index >= 15 is 0 Å². The maximum absolute atomic E-state index is 14.1. The number of amides is 1. The molecule has 3 aromatic rings. The highest BCUT2D eigenvalue weighted by Gasteiger charge is 2.16. The summed E-state index contributed by atoms with van der Waals surface area (Å²) in [4.78, 5) is 13.9. The summed E-state index contributed by atoms with van der Waals surface area (Å²) < 4.78 is 32.0. The van der Waals surface area contributed by atoms with Crippen molar-refractivity contribution in [2.75, 3.05) is 20.7 Å². The van der Waals surface area contributed by atoms with Crippen molar-refractivity contribution in [3.8, 4) is 17.0 Å². The van der Waals surface area contributed by atoms with Crippen molar-refractivity contribution in [1.82, 2.24) is 15.1 Å². The molecule has 0 atom stereocenters. The zero-order valence-electron chi connectivity index (χ0n) is 15.7. The standard InChI is InChI=1S/C21H21F2N3O2/c1-26(21(27)18-10-9-17(28-2)13-19(18)23)11-3-4-16-12-20(25-24-16)14-5-7-15(22)8-6-14/h5-10,12-13H,3-4,11H2,1-2H3,(H,24,25). The number of benzene rings is 2. The first-order chi connectivity index (χ1) is 13.5. The van der Waals surface area contributed by atoms with Crippen LogP contribution in [0, 0.1) is 11.6 Å². The van der Waals surface area contributed by atoms with Crippen molar-refractivity contribution in [2.24, 2.45) is 0 Å². The Bertz CT molecular complexity index is 955. The Morgan fingerprint density at radius 2 is 1.89 bits per heavy atom. The van der Waals surface area contributed by atoms with E-state index in [2.05, 4.69) is 10.2 Å². The molecule has 0 bridgehead atoms. The lowest BCUT2D eigenvalue weighted by atomic mass is 10.1. The normalized spacial score (nSPS) is 10.7. The fraction of sp³-hybridized carbons (Fsp3) is 0.238. The Balaban J connectivity index is 1.55. The van der Waals surface area contributed by atoms with Crippen LogP contribution in [0.5, 0.6) is 5.75 Å². The molecule has 7 heteroatoms. The number of halogens is 2. The summed E-state index contributed by atoms with van der Waals surface area (Å²) in [6, 6.07) is 12.2. The molecule has 0 unspecified atom stereocenters. The van der Waals surface area contributed by atoms with E-state index in [-0.39, 0.29) is 17.3 Å². The average Bonchev–Trinajstić information content (AvgIpc) is 3.16. The summed E-state index contributed by atoms with van der Waals surface area (Å²) in [6.45, 7) is 0.467. The van der Waals surface area contributed by atoms with Crippen LogP contribution in [-0.4, -0.2) is 41.7 Å². The number of nitrogens with zero attached hydrogens (tertiary/aromatic N) is 2. The van der Waals surface area contributed by atoms with Crippen molar-refractivity contribution in [3.05, 3.63) is 71.4 Å². The highest BCUT2D eigenvalue weighted by atomic mass is 19.1. The number of rotatable bonds is 7. The van der Waals surface area contributed by atoms with Crippen LogP contribution < -0.4 is 4.74 Å². The van der Waals surface area contributed by atoms with Crippen LogP contribution in [0.4, 0.5) is 8.78 Å². The fourth-order valence-electron chi connectivity index (χ4n) is 2.87. The number of nitrogens with one attached hydrogen (secondary N) is 1. The Morgan fingerprint density at radius 3 is 2.57 bits per heavy atom. The van der Waals surface area contributed by atoms with Crippen LogP contribution in [-0.2, 0) is 6.42 Å². The van der Waals surface area contributed by atoms with Crippen LogP contribution >= 0.6 is 0 Å². The van der Waals surface area contributed by atoms with Gasteiger partial charge in [0.05, 0.1) is 18.4 Å². The number of methoxy groups -OCH3 is 1. The molecular formula is C21H21F2N3O2. The van der Waals surface area contributed by atoms with Crippen LogP contribution in [0.15, 0.2) is 48.5 Å². The summed E-state index contributed by atoms with van der Waals surface area (Å²) in [6.07, 6.45) is 1.36. The summed E-state index contributed by atoms with van der Waals surface area (Å²) in [5.41, 5.74) is 2.49. The lowest BCUT2D eigenvalue weighted by Gasteiger charge is -2.17. The quantitative estimate of drug-likeness (QED) is 0.667. The number of carbonyl (C=O) groups is 1. The van der Waals surface area contributed by atoms with Gasteiger partial charge in [-0.25, -0.2) is 8.78 Å². The maximum atomic E-state index is 14.1. The molecular weight excluding hydrogens is 364 g/mol. The number of ether oxygens (including phenoxy) is 1. The van der Waals surface area contributed by atoms with Gasteiger partial charge in [0.2, 0.25) is 0 Å². The third-order valence-electron chi connectivity index (χ3n) is 4.46. The van der Waals surface area contributed by atoms with Crippen molar-refractivity contribution in [3.63, 3.8) is 0 Å². The van der Waals surface area contributed by atoms with Gasteiger partial charge in [-0.15, -0.1) is 0 Å². The highest BCUT2D eigenvalue weighted by Crippen LogP contribution is 2.19. The SMILES string of the molecule is COc1ccc(C(=O)N(C)CCCc2cc(-c3ccc(F)cc3)n[nH]2)c(F)c1. The summed E-state index contributed by atoms with van der Waals surface area (Å²) in [5, 5.41) is 7.19. The summed E-state index contributed by atoms with van der Waals surface area (Å²) in [7, 11) is 3.09. The number of aromatic nitrogens is 2. The van der Waals surface area contributed by atoms with Gasteiger partial charge in [0, 0.05) is 30.9 Å². The molecule has 1 N–H and O–H groups in total. The smallest absolute Gasteiger partial charge is 0.256 e. The Morgan fingerprint density at radius 1 is 1.14 bits per heavy atom. The first-order valence-corrected chi connectivity index (χ1v) is 8.87. The number of aryl methyl sites for hydroxylation is 1. The van der Waals surface area contributed by atoms with E-state index in [0.717, 1.165) is 17.0 Å². The zero-order valence-corrected chi connectivity index (χ0v) is 15.7. The molecule has 0 fully saturated rings. The summed E-state index contributed by atoms with van der Waals surface area (Å²) >= 11 is 0. The molecule has 0 radical (unpaired) electrons. The molecule has 0 spiro atoms. The minimum absolute atomic E-state index is 0.0171. The second-order valence-electron chi connectivity index (χ2n) is 6.46. The number of hydrogen-bond acceptors (Lipinski definition) is 3. The molecule has 0 aliphatic carbocycles. The molecule has 0 aliphatic heterocycles. The van der Waals surface area contributed by atoms with Gasteiger partial charge in [0.25, 0.3) is 5.91 Å². The van der Waals surface area contributed by atoms with E-state index in [9.17, 15) is 13.6 Å². The monoisotopic (exact) mass is 385 g/mol. The van der Waals surface area contributed by atoms with Gasteiger partial charge >= 0.3 is 0 Å². The van der Waals surface area contributed by atoms with E-state index < -0.39 is 5.82 Å². The van der Waals surface area contributed by atoms with E-state index in [4.69, 9.17) is 4.74 Å². The van der Waals surface area contributed by atoms with Crippen LogP contribution in [0.25, 0.3) is 11.3 Å². The first-order valence-electron chi connectivity index (χ1n) is 8.87. The number of hydrogen-bond donors (Lipinski definition) is 1. The second-order valence-corrected chi connectivity index (χ2v) is 6.46. The Labute approximate surface area is 161 Å². The van der Waals surface area contributed by atoms with Crippen molar-refractivity contribution >= 4 is 5.91 Å². The molecule has 5 nitrogen and oxygen atoms in total. The number of carbonyl (C=O) groups excluding carboxylic acids is 1. The van der Waals surface area contributed by atoms with Gasteiger partial charge in [0.1, 0.15) is 17.4 Å². The molecule has 0 aliphatic rings.